The molecule has 0 N–H and O–H groups in total. The highest BCUT2D eigenvalue weighted by Crippen LogP contribution is 2.33. The molecule has 174 valence electrons. The highest BCUT2D eigenvalue weighted by atomic mass is 19.3. The molecule has 7 heteroatoms. The Kier molecular flexibility index (Phi) is 8.82. The van der Waals surface area contributed by atoms with Crippen molar-refractivity contribution < 1.29 is 18.4 Å². The fourth-order valence-corrected chi connectivity index (χ4v) is 3.66. The molecule has 5 nitrogen and oxygen atoms in total. The summed E-state index contributed by atoms with van der Waals surface area (Å²) in [4.78, 5) is 4.47. The summed E-state index contributed by atoms with van der Waals surface area (Å²) in [6.45, 7) is 5.08. The van der Waals surface area contributed by atoms with Crippen LogP contribution in [-0.2, 0) is 4.84 Å². The number of hydrogen-bond acceptors (Lipinski definition) is 4. The summed E-state index contributed by atoms with van der Waals surface area (Å²) < 4.78 is 34.0. The number of aromatic nitrogens is 2. The molecule has 1 heterocycles. The van der Waals surface area contributed by atoms with E-state index < -0.39 is 12.1 Å². The summed E-state index contributed by atoms with van der Waals surface area (Å²) in [5.41, 5.74) is 1.39. The van der Waals surface area contributed by atoms with Crippen molar-refractivity contribution in [1.29, 1.82) is 0 Å². The molecule has 0 unspecified atom stereocenters. The van der Waals surface area contributed by atoms with Gasteiger partial charge in [-0.25, -0.2) is 8.78 Å². The predicted octanol–water partition coefficient (Wildman–Crippen LogP) is 6.80. The van der Waals surface area contributed by atoms with E-state index in [0.29, 0.717) is 18.6 Å². The van der Waals surface area contributed by atoms with Crippen molar-refractivity contribution in [2.24, 2.45) is 11.1 Å². The first-order chi connectivity index (χ1) is 15.5. The van der Waals surface area contributed by atoms with Gasteiger partial charge in [-0.15, -0.1) is 0 Å². The van der Waals surface area contributed by atoms with Crippen LogP contribution in [0.5, 0.6) is 5.75 Å². The first-order valence-corrected chi connectivity index (χ1v) is 11.4. The topological polar surface area (TPSA) is 48.6 Å². The fourth-order valence-electron chi connectivity index (χ4n) is 3.66. The third-order valence-corrected chi connectivity index (χ3v) is 5.52. The quantitative estimate of drug-likeness (QED) is 0.193. The SMILES string of the molecule is CCCC(CCC)n1cc2cc(/C=C/C=C\C(=N\OC)C(F)F)c(OCC3CC3)cc2n1. The molecule has 0 bridgehead atoms. The van der Waals surface area contributed by atoms with Gasteiger partial charge in [0.25, 0.3) is 6.43 Å². The van der Waals surface area contributed by atoms with Crippen LogP contribution in [0.2, 0.25) is 0 Å². The van der Waals surface area contributed by atoms with Gasteiger partial charge in [0.05, 0.1) is 18.2 Å². The standard InChI is InChI=1S/C25H33F2N3O2/c1-4-8-21(9-5-2)30-16-20-14-19(10-6-7-11-22(25(26)27)29-31-3)24(15-23(20)28-30)32-17-18-12-13-18/h6-7,10-11,14-16,18,21,25H,4-5,8-9,12-13,17H2,1-3H3/b10-6+,11-7-,29-22-. The summed E-state index contributed by atoms with van der Waals surface area (Å²) in [7, 11) is 1.25. The van der Waals surface area contributed by atoms with Gasteiger partial charge in [0.2, 0.25) is 0 Å². The number of halogens is 2. The maximum Gasteiger partial charge on any atom is 0.283 e. The number of oxime groups is 1. The summed E-state index contributed by atoms with van der Waals surface area (Å²) >= 11 is 0. The zero-order chi connectivity index (χ0) is 22.9. The van der Waals surface area contributed by atoms with Gasteiger partial charge in [-0.3, -0.25) is 4.68 Å². The van der Waals surface area contributed by atoms with Crippen LogP contribution in [0.4, 0.5) is 8.78 Å². The maximum atomic E-state index is 12.9. The van der Waals surface area contributed by atoms with Crippen molar-refractivity contribution in [2.75, 3.05) is 13.7 Å². The Balaban J connectivity index is 1.87. The zero-order valence-electron chi connectivity index (χ0n) is 19.1. The van der Waals surface area contributed by atoms with E-state index in [2.05, 4.69) is 40.8 Å². The van der Waals surface area contributed by atoms with E-state index in [1.54, 1.807) is 6.08 Å². The van der Waals surface area contributed by atoms with Crippen LogP contribution in [0.1, 0.15) is 64.0 Å². The number of fused-ring (bicyclic) bond motifs is 1. The van der Waals surface area contributed by atoms with Gasteiger partial charge < -0.3 is 9.57 Å². The van der Waals surface area contributed by atoms with Crippen molar-refractivity contribution >= 4 is 22.7 Å². The minimum absolute atomic E-state index is 0.392. The molecule has 0 spiro atoms. The smallest absolute Gasteiger partial charge is 0.283 e. The monoisotopic (exact) mass is 445 g/mol. The first kappa shape index (κ1) is 24.0. The highest BCUT2D eigenvalue weighted by Gasteiger charge is 2.22. The fraction of sp³-hybridized carbons (Fsp3) is 0.520. The molecule has 3 rings (SSSR count). The molecular formula is C25H33F2N3O2. The summed E-state index contributed by atoms with van der Waals surface area (Å²) in [6, 6.07) is 4.43. The lowest BCUT2D eigenvalue weighted by molar-refractivity contribution is 0.188. The lowest BCUT2D eigenvalue weighted by Crippen LogP contribution is -2.09. The molecule has 0 radical (unpaired) electrons. The second-order valence-corrected chi connectivity index (χ2v) is 8.26. The van der Waals surface area contributed by atoms with E-state index in [9.17, 15) is 8.78 Å². The van der Waals surface area contributed by atoms with E-state index in [4.69, 9.17) is 9.84 Å². The van der Waals surface area contributed by atoms with Gasteiger partial charge >= 0.3 is 0 Å². The summed E-state index contributed by atoms with van der Waals surface area (Å²) in [6.07, 6.45) is 12.6. The van der Waals surface area contributed by atoms with Gasteiger partial charge in [-0.1, -0.05) is 50.1 Å². The molecule has 0 aliphatic heterocycles. The second kappa shape index (κ2) is 11.8. The van der Waals surface area contributed by atoms with Crippen LogP contribution < -0.4 is 4.74 Å². The Hall–Kier alpha value is -2.70. The van der Waals surface area contributed by atoms with Crippen LogP contribution in [-0.4, -0.2) is 35.6 Å². The van der Waals surface area contributed by atoms with Gasteiger partial charge in [0.1, 0.15) is 18.6 Å². The molecule has 2 aromatic rings. The molecule has 0 atom stereocenters. The lowest BCUT2D eigenvalue weighted by Gasteiger charge is -2.15. The van der Waals surface area contributed by atoms with Crippen LogP contribution in [0.25, 0.3) is 17.0 Å². The number of rotatable bonds is 13. The molecule has 1 aliphatic carbocycles. The van der Waals surface area contributed by atoms with E-state index in [1.807, 2.05) is 12.1 Å². The van der Waals surface area contributed by atoms with Crippen molar-refractivity contribution in [2.45, 2.75) is 64.8 Å². The third-order valence-electron chi connectivity index (χ3n) is 5.52. The Morgan fingerprint density at radius 1 is 1.22 bits per heavy atom. The molecule has 0 amide bonds. The van der Waals surface area contributed by atoms with Gasteiger partial charge in [0.15, 0.2) is 0 Å². The number of benzene rings is 1. The van der Waals surface area contributed by atoms with Crippen LogP contribution in [0, 0.1) is 5.92 Å². The van der Waals surface area contributed by atoms with Crippen LogP contribution >= 0.6 is 0 Å². The number of hydrogen-bond donors (Lipinski definition) is 0. The number of alkyl halides is 2. The van der Waals surface area contributed by atoms with Gasteiger partial charge in [-0.05, 0) is 43.7 Å². The Labute approximate surface area is 188 Å². The molecule has 1 aromatic carbocycles. The Bertz CT molecular complexity index is 955. The first-order valence-electron chi connectivity index (χ1n) is 11.4. The highest BCUT2D eigenvalue weighted by molar-refractivity contribution is 5.97. The minimum atomic E-state index is -2.70. The zero-order valence-corrected chi connectivity index (χ0v) is 19.1. The van der Waals surface area contributed by atoms with Crippen LogP contribution in [0.15, 0.2) is 41.7 Å². The van der Waals surface area contributed by atoms with Crippen molar-refractivity contribution in [3.05, 3.63) is 42.1 Å². The molecular weight excluding hydrogens is 412 g/mol. The molecule has 1 aliphatic rings. The maximum absolute atomic E-state index is 12.9. The third kappa shape index (κ3) is 6.65. The Morgan fingerprint density at radius 2 is 1.97 bits per heavy atom. The van der Waals surface area contributed by atoms with Gasteiger partial charge in [0, 0.05) is 23.2 Å². The van der Waals surface area contributed by atoms with Crippen molar-refractivity contribution in [1.82, 2.24) is 9.78 Å². The second-order valence-electron chi connectivity index (χ2n) is 8.26. The summed E-state index contributed by atoms with van der Waals surface area (Å²) in [5, 5.41) is 9.22. The average Bonchev–Trinajstić information content (AvgIpc) is 3.51. The largest absolute Gasteiger partial charge is 0.493 e. The normalized spacial score (nSPS) is 15.2. The van der Waals surface area contributed by atoms with E-state index in [0.717, 1.165) is 47.9 Å². The molecule has 1 fully saturated rings. The summed E-state index contributed by atoms with van der Waals surface area (Å²) in [5.74, 6) is 1.39. The van der Waals surface area contributed by atoms with E-state index in [1.165, 1.54) is 32.1 Å². The molecule has 32 heavy (non-hydrogen) atoms. The van der Waals surface area contributed by atoms with Crippen molar-refractivity contribution in [3.8, 4) is 5.75 Å². The Morgan fingerprint density at radius 3 is 2.59 bits per heavy atom. The molecule has 0 saturated heterocycles. The van der Waals surface area contributed by atoms with Gasteiger partial charge in [-0.2, -0.15) is 5.10 Å². The minimum Gasteiger partial charge on any atom is -0.493 e. The average molecular weight is 446 g/mol. The van der Waals surface area contributed by atoms with Crippen LogP contribution in [0.3, 0.4) is 0 Å². The number of allylic oxidation sites excluding steroid dienone is 3. The lowest BCUT2D eigenvalue weighted by atomic mass is 10.1. The molecule has 1 saturated carbocycles. The van der Waals surface area contributed by atoms with E-state index in [-0.39, 0.29) is 0 Å². The molecule has 1 aromatic heterocycles. The van der Waals surface area contributed by atoms with E-state index >= 15 is 0 Å². The predicted molar refractivity (Wildman–Crippen MR) is 125 cm³/mol. The number of nitrogens with zero attached hydrogens (tertiary/aromatic N) is 3. The number of ether oxygens (including phenoxy) is 1. The van der Waals surface area contributed by atoms with Crippen molar-refractivity contribution in [3.63, 3.8) is 0 Å².